The fourth-order valence-corrected chi connectivity index (χ4v) is 2.32. The van der Waals surface area contributed by atoms with Crippen LogP contribution in [0.4, 0.5) is 0 Å². The Kier molecular flexibility index (Phi) is 3.44. The monoisotopic (exact) mass is 241 g/mol. The Morgan fingerprint density at radius 3 is 2.47 bits per heavy atom. The first kappa shape index (κ1) is 12.1. The maximum Gasteiger partial charge on any atom is 0.310 e. The molecule has 1 saturated heterocycles. The molecule has 94 valence electrons. The van der Waals surface area contributed by atoms with Gasteiger partial charge in [0.2, 0.25) is 5.91 Å². The first-order chi connectivity index (χ1) is 8.15. The molecule has 2 heterocycles. The minimum Gasteiger partial charge on any atom is -0.481 e. The number of carbonyl (C=O) groups is 2. The van der Waals surface area contributed by atoms with Crippen LogP contribution in [0.25, 0.3) is 0 Å². The van der Waals surface area contributed by atoms with Crippen LogP contribution in [0.2, 0.25) is 0 Å². The Bertz CT molecular complexity index is 354. The number of ether oxygens (including phenoxy) is 1. The van der Waals surface area contributed by atoms with E-state index >= 15 is 0 Å². The maximum atomic E-state index is 11.9. The third-order valence-corrected chi connectivity index (χ3v) is 3.12. The highest BCUT2D eigenvalue weighted by Crippen LogP contribution is 2.39. The molecule has 2 aliphatic rings. The molecule has 1 fully saturated rings. The number of amides is 1. The van der Waals surface area contributed by atoms with E-state index in [2.05, 4.69) is 5.32 Å². The van der Waals surface area contributed by atoms with Crippen LogP contribution < -0.4 is 5.32 Å². The van der Waals surface area contributed by atoms with Crippen molar-refractivity contribution >= 4 is 11.9 Å². The van der Waals surface area contributed by atoms with Crippen LogP contribution in [0.15, 0.2) is 12.2 Å². The van der Waals surface area contributed by atoms with Gasteiger partial charge in [-0.15, -0.1) is 0 Å². The van der Waals surface area contributed by atoms with Crippen molar-refractivity contribution in [3.05, 3.63) is 12.2 Å². The lowest BCUT2D eigenvalue weighted by atomic mass is 9.82. The van der Waals surface area contributed by atoms with Gasteiger partial charge in [0.15, 0.2) is 0 Å². The Hall–Kier alpha value is -1.40. The van der Waals surface area contributed by atoms with Gasteiger partial charge in [0.1, 0.15) is 5.92 Å². The lowest BCUT2D eigenvalue weighted by Gasteiger charge is -2.20. The molecule has 4 unspecified atom stereocenters. The van der Waals surface area contributed by atoms with Crippen molar-refractivity contribution in [2.75, 3.05) is 13.2 Å². The zero-order valence-electron chi connectivity index (χ0n) is 9.20. The highest BCUT2D eigenvalue weighted by atomic mass is 16.5. The summed E-state index contributed by atoms with van der Waals surface area (Å²) in [7, 11) is 0. The second-order valence-corrected chi connectivity index (χ2v) is 4.21. The van der Waals surface area contributed by atoms with Crippen LogP contribution in [-0.4, -0.2) is 47.4 Å². The quantitative estimate of drug-likeness (QED) is 0.430. The molecule has 0 aliphatic carbocycles. The number of aliphatic carboxylic acids is 1. The zero-order valence-corrected chi connectivity index (χ0v) is 9.20. The minimum absolute atomic E-state index is 0.00420. The lowest BCUT2D eigenvalue weighted by molar-refractivity contribution is -0.146. The van der Waals surface area contributed by atoms with Gasteiger partial charge in [0.05, 0.1) is 18.1 Å². The molecule has 2 aliphatic heterocycles. The first-order valence-electron chi connectivity index (χ1n) is 5.60. The molecule has 0 spiro atoms. The molecule has 4 atom stereocenters. The molecule has 6 nitrogen and oxygen atoms in total. The maximum absolute atomic E-state index is 11.9. The van der Waals surface area contributed by atoms with E-state index in [0.717, 1.165) is 0 Å². The van der Waals surface area contributed by atoms with Gasteiger partial charge in [-0.05, 0) is 6.42 Å². The van der Waals surface area contributed by atoms with E-state index in [1.165, 1.54) is 0 Å². The van der Waals surface area contributed by atoms with Crippen molar-refractivity contribution in [2.24, 2.45) is 11.8 Å². The van der Waals surface area contributed by atoms with Gasteiger partial charge >= 0.3 is 5.97 Å². The first-order valence-corrected chi connectivity index (χ1v) is 5.60. The Morgan fingerprint density at radius 2 is 1.88 bits per heavy atom. The molecule has 2 bridgehead atoms. The average Bonchev–Trinajstić information content (AvgIpc) is 2.88. The fraction of sp³-hybridized carbons (Fsp3) is 0.636. The van der Waals surface area contributed by atoms with Crippen LogP contribution in [0.5, 0.6) is 0 Å². The molecule has 17 heavy (non-hydrogen) atoms. The molecule has 0 aromatic heterocycles. The van der Waals surface area contributed by atoms with Gasteiger partial charge < -0.3 is 20.3 Å². The number of carboxylic acid groups (broad SMARTS) is 1. The zero-order chi connectivity index (χ0) is 12.4. The summed E-state index contributed by atoms with van der Waals surface area (Å²) in [6.07, 6.45) is 2.96. The number of carboxylic acids is 1. The number of rotatable bonds is 5. The number of hydrogen-bond donors (Lipinski definition) is 3. The topological polar surface area (TPSA) is 95.9 Å². The molecule has 0 aromatic carbocycles. The van der Waals surface area contributed by atoms with E-state index in [0.29, 0.717) is 13.0 Å². The molecule has 6 heteroatoms. The Morgan fingerprint density at radius 1 is 1.24 bits per heavy atom. The van der Waals surface area contributed by atoms with Crippen LogP contribution >= 0.6 is 0 Å². The van der Waals surface area contributed by atoms with Gasteiger partial charge in [-0.25, -0.2) is 0 Å². The van der Waals surface area contributed by atoms with E-state index < -0.39 is 30.0 Å². The van der Waals surface area contributed by atoms with E-state index in [1.807, 2.05) is 0 Å². The van der Waals surface area contributed by atoms with Crippen molar-refractivity contribution in [1.82, 2.24) is 5.32 Å². The van der Waals surface area contributed by atoms with Gasteiger partial charge in [-0.2, -0.15) is 0 Å². The number of fused-ring (bicyclic) bond motifs is 2. The SMILES string of the molecule is O=C(O)C1C2C=CC(O2)C1C(=O)NCCCO. The largest absolute Gasteiger partial charge is 0.481 e. The van der Waals surface area contributed by atoms with Crippen molar-refractivity contribution in [2.45, 2.75) is 18.6 Å². The van der Waals surface area contributed by atoms with Crippen molar-refractivity contribution < 1.29 is 24.5 Å². The van der Waals surface area contributed by atoms with E-state index in [-0.39, 0.29) is 12.5 Å². The van der Waals surface area contributed by atoms with Crippen molar-refractivity contribution in [3.8, 4) is 0 Å². The van der Waals surface area contributed by atoms with Gasteiger partial charge in [0.25, 0.3) is 0 Å². The summed E-state index contributed by atoms with van der Waals surface area (Å²) in [4.78, 5) is 23.0. The molecular weight excluding hydrogens is 226 g/mol. The predicted octanol–water partition coefficient (Wildman–Crippen LogP) is -0.861. The number of aliphatic hydroxyl groups is 1. The van der Waals surface area contributed by atoms with Crippen LogP contribution in [-0.2, 0) is 14.3 Å². The molecule has 3 N–H and O–H groups in total. The van der Waals surface area contributed by atoms with Crippen LogP contribution in [0.3, 0.4) is 0 Å². The predicted molar refractivity (Wildman–Crippen MR) is 57.1 cm³/mol. The Labute approximate surface area is 98.3 Å². The van der Waals surface area contributed by atoms with E-state index in [1.54, 1.807) is 12.2 Å². The Balaban J connectivity index is 2.01. The lowest BCUT2D eigenvalue weighted by Crippen LogP contribution is -2.42. The second kappa shape index (κ2) is 4.85. The summed E-state index contributed by atoms with van der Waals surface area (Å²) < 4.78 is 5.38. The molecule has 0 aromatic rings. The van der Waals surface area contributed by atoms with Crippen molar-refractivity contribution in [1.29, 1.82) is 0 Å². The highest BCUT2D eigenvalue weighted by Gasteiger charge is 2.52. The number of nitrogens with one attached hydrogen (secondary N) is 1. The summed E-state index contributed by atoms with van der Waals surface area (Å²) in [5.74, 6) is -2.80. The van der Waals surface area contributed by atoms with Gasteiger partial charge in [0, 0.05) is 13.2 Å². The third-order valence-electron chi connectivity index (χ3n) is 3.12. The summed E-state index contributed by atoms with van der Waals surface area (Å²) in [6, 6.07) is 0. The highest BCUT2D eigenvalue weighted by molar-refractivity contribution is 5.87. The molecule has 0 radical (unpaired) electrons. The van der Waals surface area contributed by atoms with E-state index in [9.17, 15) is 9.59 Å². The summed E-state index contributed by atoms with van der Waals surface area (Å²) in [5, 5.41) is 20.3. The standard InChI is InChI=1S/C11H15NO5/c13-5-1-4-12-10(14)8-6-2-3-7(17-6)9(8)11(15)16/h2-3,6-9,13H,1,4-5H2,(H,12,14)(H,15,16). The van der Waals surface area contributed by atoms with Gasteiger partial charge in [-0.3, -0.25) is 9.59 Å². The van der Waals surface area contributed by atoms with Crippen molar-refractivity contribution in [3.63, 3.8) is 0 Å². The summed E-state index contributed by atoms with van der Waals surface area (Å²) in [5.41, 5.74) is 0. The molecular formula is C11H15NO5. The fourth-order valence-electron chi connectivity index (χ4n) is 2.32. The third kappa shape index (κ3) is 2.18. The summed E-state index contributed by atoms with van der Waals surface area (Å²) >= 11 is 0. The van der Waals surface area contributed by atoms with Crippen LogP contribution in [0.1, 0.15) is 6.42 Å². The smallest absolute Gasteiger partial charge is 0.310 e. The average molecular weight is 241 g/mol. The molecule has 2 rings (SSSR count). The minimum atomic E-state index is -1.01. The van der Waals surface area contributed by atoms with Gasteiger partial charge in [-0.1, -0.05) is 12.2 Å². The molecule has 0 saturated carbocycles. The second-order valence-electron chi connectivity index (χ2n) is 4.21. The molecule has 1 amide bonds. The van der Waals surface area contributed by atoms with Crippen LogP contribution in [0, 0.1) is 11.8 Å². The normalized spacial score (nSPS) is 33.9. The van der Waals surface area contributed by atoms with E-state index in [4.69, 9.17) is 14.9 Å². The number of carbonyl (C=O) groups excluding carboxylic acids is 1. The summed E-state index contributed by atoms with van der Waals surface area (Å²) in [6.45, 7) is 0.342. The number of aliphatic hydroxyl groups excluding tert-OH is 1. The number of hydrogen-bond acceptors (Lipinski definition) is 4.